The predicted molar refractivity (Wildman–Crippen MR) is 88.0 cm³/mol. The maximum Gasteiger partial charge on any atom is 0.293 e. The van der Waals surface area contributed by atoms with E-state index in [1.54, 1.807) is 31.3 Å². The third-order valence-electron chi connectivity index (χ3n) is 3.84. The van der Waals surface area contributed by atoms with Gasteiger partial charge in [0.25, 0.3) is 11.6 Å². The third-order valence-corrected chi connectivity index (χ3v) is 3.84. The number of nitro benzene ring substituents is 1. The van der Waals surface area contributed by atoms with Crippen LogP contribution < -0.4 is 10.6 Å². The van der Waals surface area contributed by atoms with E-state index < -0.39 is 22.5 Å². The molecular weight excluding hydrogens is 332 g/mol. The zero-order valence-electron chi connectivity index (χ0n) is 13.8. The van der Waals surface area contributed by atoms with E-state index in [-0.39, 0.29) is 24.0 Å². The molecule has 0 saturated heterocycles. The van der Waals surface area contributed by atoms with Gasteiger partial charge in [0.2, 0.25) is 0 Å². The summed E-state index contributed by atoms with van der Waals surface area (Å²) >= 11 is 0. The van der Waals surface area contributed by atoms with Crippen molar-refractivity contribution in [3.05, 3.63) is 69.3 Å². The van der Waals surface area contributed by atoms with E-state index in [1.807, 2.05) is 0 Å². The molecule has 0 aromatic heterocycles. The van der Waals surface area contributed by atoms with E-state index in [9.17, 15) is 23.7 Å². The monoisotopic (exact) mass is 350 g/mol. The first-order valence-electron chi connectivity index (χ1n) is 7.61. The van der Waals surface area contributed by atoms with Crippen LogP contribution in [0.5, 0.6) is 0 Å². The lowest BCUT2D eigenvalue weighted by molar-refractivity contribution is -0.682. The number of anilines is 1. The van der Waals surface area contributed by atoms with Gasteiger partial charge in [-0.15, -0.1) is 0 Å². The maximum absolute atomic E-state index is 13.3. The van der Waals surface area contributed by atoms with Gasteiger partial charge in [-0.05, 0) is 37.6 Å². The van der Waals surface area contributed by atoms with Gasteiger partial charge in [-0.25, -0.2) is 8.78 Å². The predicted octanol–water partition coefficient (Wildman–Crippen LogP) is 2.44. The molecule has 0 heterocycles. The van der Waals surface area contributed by atoms with Crippen LogP contribution in [0.2, 0.25) is 0 Å². The molecule has 0 saturated carbocycles. The molecule has 2 rings (SSSR count). The number of nitrogens with zero attached hydrogens (tertiary/aromatic N) is 1. The molecule has 2 aromatic rings. The molecule has 0 aliphatic carbocycles. The molecule has 1 atom stereocenters. The third kappa shape index (κ3) is 4.57. The van der Waals surface area contributed by atoms with Crippen molar-refractivity contribution in [2.24, 2.45) is 0 Å². The topological polar surface area (TPSA) is 88.9 Å². The van der Waals surface area contributed by atoms with Crippen molar-refractivity contribution in [3.8, 4) is 0 Å². The summed E-state index contributed by atoms with van der Waals surface area (Å²) in [5, 5.41) is 15.2. The summed E-state index contributed by atoms with van der Waals surface area (Å²) in [6.07, 6.45) is 0. The molecule has 6 nitrogen and oxygen atoms in total. The highest BCUT2D eigenvalue weighted by Crippen LogP contribution is 2.27. The lowest BCUT2D eigenvalue weighted by atomic mass is 10.1. The van der Waals surface area contributed by atoms with E-state index in [2.05, 4.69) is 5.32 Å². The number of amides is 1. The fraction of sp³-hybridized carbons (Fsp3) is 0.235. The Bertz CT molecular complexity index is 812. The van der Waals surface area contributed by atoms with Crippen LogP contribution in [0.3, 0.4) is 0 Å². The second kappa shape index (κ2) is 7.80. The number of nitrogens with one attached hydrogen (secondary N) is 1. The Hall–Kier alpha value is -2.87. The molecule has 0 bridgehead atoms. The minimum atomic E-state index is -0.947. The number of nitrogens with two attached hydrogens (primary N) is 1. The Morgan fingerprint density at radius 2 is 2.00 bits per heavy atom. The van der Waals surface area contributed by atoms with Crippen molar-refractivity contribution >= 4 is 17.3 Å². The first-order chi connectivity index (χ1) is 11.8. The molecule has 0 unspecified atom stereocenters. The number of para-hydroxylation sites is 1. The number of aryl methyl sites for hydroxylation is 1. The van der Waals surface area contributed by atoms with Gasteiger partial charge in [0.05, 0.1) is 4.92 Å². The summed E-state index contributed by atoms with van der Waals surface area (Å²) in [6, 6.07) is 7.80. The van der Waals surface area contributed by atoms with Crippen molar-refractivity contribution < 1.29 is 23.8 Å². The van der Waals surface area contributed by atoms with Crippen LogP contribution in [0.15, 0.2) is 36.4 Å². The van der Waals surface area contributed by atoms with E-state index in [1.165, 1.54) is 12.1 Å². The maximum atomic E-state index is 13.3. The zero-order valence-corrected chi connectivity index (χ0v) is 13.8. The molecule has 0 fully saturated rings. The minimum Gasteiger partial charge on any atom is -0.333 e. The van der Waals surface area contributed by atoms with Gasteiger partial charge in [-0.2, -0.15) is 0 Å². The summed E-state index contributed by atoms with van der Waals surface area (Å²) < 4.78 is 26.2. The number of hydrogen-bond acceptors (Lipinski definition) is 3. The summed E-state index contributed by atoms with van der Waals surface area (Å²) in [4.78, 5) is 22.6. The smallest absolute Gasteiger partial charge is 0.293 e. The number of halogens is 2. The molecule has 0 spiro atoms. The molecular formula is C17H18F2N3O3+. The average molecular weight is 350 g/mol. The van der Waals surface area contributed by atoms with Crippen LogP contribution in [0.25, 0.3) is 0 Å². The van der Waals surface area contributed by atoms with E-state index in [4.69, 9.17) is 0 Å². The lowest BCUT2D eigenvalue weighted by Gasteiger charge is -2.12. The number of carbonyl (C=O) groups is 1. The highest BCUT2D eigenvalue weighted by molar-refractivity contribution is 5.94. The van der Waals surface area contributed by atoms with Crippen molar-refractivity contribution in [1.82, 2.24) is 0 Å². The molecule has 132 valence electrons. The zero-order chi connectivity index (χ0) is 18.6. The fourth-order valence-electron chi connectivity index (χ4n) is 2.37. The van der Waals surface area contributed by atoms with Gasteiger partial charge in [0.1, 0.15) is 11.7 Å². The highest BCUT2D eigenvalue weighted by Gasteiger charge is 2.19. The largest absolute Gasteiger partial charge is 0.333 e. The number of nitro groups is 1. The molecule has 0 aliphatic heterocycles. The minimum absolute atomic E-state index is 0.0222. The SMILES string of the molecule is Cc1cccc([N+](=O)[O-])c1NC(=O)C[NH2+][C@H](C)c1ccc(F)c(F)c1. The number of carbonyl (C=O) groups excluding carboxylic acids is 1. The summed E-state index contributed by atoms with van der Waals surface area (Å²) in [6.45, 7) is 3.39. The quantitative estimate of drug-likeness (QED) is 0.619. The second-order valence-corrected chi connectivity index (χ2v) is 5.68. The number of rotatable bonds is 6. The fourth-order valence-corrected chi connectivity index (χ4v) is 2.37. The van der Waals surface area contributed by atoms with Crippen molar-refractivity contribution in [1.29, 1.82) is 0 Å². The van der Waals surface area contributed by atoms with Gasteiger partial charge in [-0.1, -0.05) is 12.1 Å². The molecule has 8 heteroatoms. The van der Waals surface area contributed by atoms with E-state index in [0.717, 1.165) is 12.1 Å². The molecule has 0 aliphatic rings. The van der Waals surface area contributed by atoms with Crippen LogP contribution in [0.4, 0.5) is 20.2 Å². The van der Waals surface area contributed by atoms with Gasteiger partial charge >= 0.3 is 0 Å². The Morgan fingerprint density at radius 1 is 1.28 bits per heavy atom. The van der Waals surface area contributed by atoms with E-state index >= 15 is 0 Å². The summed E-state index contributed by atoms with van der Waals surface area (Å²) in [7, 11) is 0. The molecule has 25 heavy (non-hydrogen) atoms. The normalized spacial score (nSPS) is 11.8. The van der Waals surface area contributed by atoms with E-state index in [0.29, 0.717) is 11.1 Å². The van der Waals surface area contributed by atoms with Crippen LogP contribution >= 0.6 is 0 Å². The standard InChI is InChI=1S/C17H17F2N3O3/c1-10-4-3-5-15(22(24)25)17(10)21-16(23)9-20-11(2)12-6-7-13(18)14(19)8-12/h3-8,11,20H,9H2,1-2H3,(H,21,23)/p+1/t11-/m1/s1. The number of hydrogen-bond donors (Lipinski definition) is 2. The Balaban J connectivity index is 2.01. The first-order valence-corrected chi connectivity index (χ1v) is 7.61. The van der Waals surface area contributed by atoms with Crippen molar-refractivity contribution in [2.45, 2.75) is 19.9 Å². The Morgan fingerprint density at radius 3 is 2.64 bits per heavy atom. The van der Waals surface area contributed by atoms with Gasteiger partial charge < -0.3 is 10.6 Å². The van der Waals surface area contributed by atoms with Crippen molar-refractivity contribution in [3.63, 3.8) is 0 Å². The Labute approximate surface area is 143 Å². The highest BCUT2D eigenvalue weighted by atomic mass is 19.2. The first kappa shape index (κ1) is 18.5. The van der Waals surface area contributed by atoms with Crippen LogP contribution in [0.1, 0.15) is 24.1 Å². The van der Waals surface area contributed by atoms with Crippen LogP contribution in [-0.4, -0.2) is 17.4 Å². The Kier molecular flexibility index (Phi) is 5.76. The second-order valence-electron chi connectivity index (χ2n) is 5.68. The van der Waals surface area contributed by atoms with Gasteiger partial charge in [0, 0.05) is 11.6 Å². The molecule has 1 amide bonds. The molecule has 3 N–H and O–H groups in total. The summed E-state index contributed by atoms with van der Waals surface area (Å²) in [5.41, 5.74) is 1.10. The number of benzene rings is 2. The van der Waals surface area contributed by atoms with Crippen LogP contribution in [-0.2, 0) is 4.79 Å². The molecule has 0 radical (unpaired) electrons. The van der Waals surface area contributed by atoms with Gasteiger partial charge in [0.15, 0.2) is 18.2 Å². The van der Waals surface area contributed by atoms with Crippen LogP contribution in [0, 0.1) is 28.7 Å². The lowest BCUT2D eigenvalue weighted by Crippen LogP contribution is -2.86. The average Bonchev–Trinajstić information content (AvgIpc) is 2.56. The molecule has 2 aromatic carbocycles. The van der Waals surface area contributed by atoms with Crippen molar-refractivity contribution in [2.75, 3.05) is 11.9 Å². The number of quaternary nitrogens is 1. The summed E-state index contributed by atoms with van der Waals surface area (Å²) in [5.74, 6) is -2.30. The van der Waals surface area contributed by atoms with Gasteiger partial charge in [-0.3, -0.25) is 14.9 Å².